The average molecular weight is 309 g/mol. The zero-order chi connectivity index (χ0) is 15.4. The zero-order valence-corrected chi connectivity index (χ0v) is 11.5. The van der Waals surface area contributed by atoms with Crippen molar-refractivity contribution in [1.82, 2.24) is 9.97 Å². The maximum absolute atomic E-state index is 12.0. The smallest absolute Gasteiger partial charge is 0.310 e. The quantitative estimate of drug-likeness (QED) is 0.686. The summed E-state index contributed by atoms with van der Waals surface area (Å²) in [6, 6.07) is 3.77. The fourth-order valence-corrected chi connectivity index (χ4v) is 1.71. The standard InChI is InChI=1S/C12H9ClN4O4/c1-21-9-4-7(2-3-8(9)17(19)20)12(18)16-11-6-14-5-10(13)15-11/h2-6H,1H3,(H,15,16,18). The molecule has 1 heterocycles. The van der Waals surface area contributed by atoms with Gasteiger partial charge in [-0.2, -0.15) is 0 Å². The first-order chi connectivity index (χ1) is 10.0. The van der Waals surface area contributed by atoms with Crippen molar-refractivity contribution in [3.05, 3.63) is 51.4 Å². The van der Waals surface area contributed by atoms with E-state index in [1.54, 1.807) is 0 Å². The summed E-state index contributed by atoms with van der Waals surface area (Å²) >= 11 is 5.66. The number of benzene rings is 1. The molecular weight excluding hydrogens is 300 g/mol. The molecule has 1 aromatic carbocycles. The Balaban J connectivity index is 2.25. The number of halogens is 1. The second kappa shape index (κ2) is 6.14. The van der Waals surface area contributed by atoms with Crippen LogP contribution in [0.15, 0.2) is 30.6 Å². The molecule has 0 saturated heterocycles. The summed E-state index contributed by atoms with van der Waals surface area (Å²) < 4.78 is 4.90. The van der Waals surface area contributed by atoms with Gasteiger partial charge in [0.1, 0.15) is 5.15 Å². The van der Waals surface area contributed by atoms with Gasteiger partial charge in [-0.25, -0.2) is 4.98 Å². The Kier molecular flexibility index (Phi) is 4.29. The molecule has 2 aromatic rings. The van der Waals surface area contributed by atoms with Gasteiger partial charge in [0.05, 0.1) is 24.4 Å². The van der Waals surface area contributed by atoms with Crippen LogP contribution in [0.5, 0.6) is 5.75 Å². The molecule has 8 nitrogen and oxygen atoms in total. The van der Waals surface area contributed by atoms with Crippen LogP contribution in [0, 0.1) is 10.1 Å². The normalized spacial score (nSPS) is 10.0. The van der Waals surface area contributed by atoms with Crippen molar-refractivity contribution in [2.24, 2.45) is 0 Å². The van der Waals surface area contributed by atoms with Crippen LogP contribution >= 0.6 is 11.6 Å². The van der Waals surface area contributed by atoms with E-state index in [1.165, 1.54) is 37.7 Å². The summed E-state index contributed by atoms with van der Waals surface area (Å²) in [6.45, 7) is 0. The van der Waals surface area contributed by atoms with Gasteiger partial charge in [-0.1, -0.05) is 11.6 Å². The highest BCUT2D eigenvalue weighted by molar-refractivity contribution is 6.29. The number of amides is 1. The number of ether oxygens (including phenoxy) is 1. The molecule has 1 N–H and O–H groups in total. The van der Waals surface area contributed by atoms with E-state index in [1.807, 2.05) is 0 Å². The number of nitro benzene ring substituents is 1. The number of hydrogen-bond acceptors (Lipinski definition) is 6. The summed E-state index contributed by atoms with van der Waals surface area (Å²) in [6.07, 6.45) is 2.65. The molecule has 0 fully saturated rings. The Morgan fingerprint density at radius 3 is 2.81 bits per heavy atom. The van der Waals surface area contributed by atoms with Gasteiger partial charge in [0.25, 0.3) is 5.91 Å². The Bertz CT molecular complexity index is 707. The van der Waals surface area contributed by atoms with Crippen molar-refractivity contribution in [2.45, 2.75) is 0 Å². The zero-order valence-electron chi connectivity index (χ0n) is 10.7. The molecule has 0 spiro atoms. The highest BCUT2D eigenvalue weighted by Crippen LogP contribution is 2.27. The lowest BCUT2D eigenvalue weighted by atomic mass is 10.2. The Morgan fingerprint density at radius 1 is 1.43 bits per heavy atom. The van der Waals surface area contributed by atoms with E-state index in [0.29, 0.717) is 0 Å². The monoisotopic (exact) mass is 308 g/mol. The number of nitro groups is 1. The minimum atomic E-state index is -0.594. The van der Waals surface area contributed by atoms with E-state index in [0.717, 1.165) is 0 Å². The molecule has 0 atom stereocenters. The Hall–Kier alpha value is -2.74. The minimum absolute atomic E-state index is 0.00942. The molecule has 0 radical (unpaired) electrons. The Labute approximate surface area is 123 Å². The van der Waals surface area contributed by atoms with E-state index >= 15 is 0 Å². The summed E-state index contributed by atoms with van der Waals surface area (Å²) in [5.41, 5.74) is -0.0455. The van der Waals surface area contributed by atoms with Gasteiger partial charge in [0.15, 0.2) is 11.6 Å². The van der Waals surface area contributed by atoms with Gasteiger partial charge in [-0.05, 0) is 6.07 Å². The number of anilines is 1. The van der Waals surface area contributed by atoms with E-state index in [9.17, 15) is 14.9 Å². The third kappa shape index (κ3) is 3.42. The first-order valence-electron chi connectivity index (χ1n) is 5.62. The lowest BCUT2D eigenvalue weighted by Crippen LogP contribution is -2.13. The second-order valence-electron chi connectivity index (χ2n) is 3.82. The minimum Gasteiger partial charge on any atom is -0.490 e. The van der Waals surface area contributed by atoms with E-state index in [4.69, 9.17) is 16.3 Å². The summed E-state index contributed by atoms with van der Waals surface area (Å²) in [7, 11) is 1.28. The average Bonchev–Trinajstić information content (AvgIpc) is 2.46. The van der Waals surface area contributed by atoms with Crippen LogP contribution < -0.4 is 10.1 Å². The third-order valence-corrected chi connectivity index (χ3v) is 2.67. The number of rotatable bonds is 4. The van der Waals surface area contributed by atoms with Crippen LogP contribution in [-0.2, 0) is 0 Å². The summed E-state index contributed by atoms with van der Waals surface area (Å²) in [5, 5.41) is 13.4. The molecule has 9 heteroatoms. The number of aromatic nitrogens is 2. The van der Waals surface area contributed by atoms with Crippen molar-refractivity contribution in [3.63, 3.8) is 0 Å². The number of carbonyl (C=O) groups excluding carboxylic acids is 1. The maximum atomic E-state index is 12.0. The van der Waals surface area contributed by atoms with Crippen molar-refractivity contribution >= 4 is 29.0 Å². The molecule has 0 unspecified atom stereocenters. The maximum Gasteiger partial charge on any atom is 0.310 e. The van der Waals surface area contributed by atoms with E-state index in [-0.39, 0.29) is 28.0 Å². The van der Waals surface area contributed by atoms with Gasteiger partial charge < -0.3 is 10.1 Å². The molecule has 108 valence electrons. The number of hydrogen-bond donors (Lipinski definition) is 1. The molecule has 21 heavy (non-hydrogen) atoms. The van der Waals surface area contributed by atoms with Crippen LogP contribution in [-0.4, -0.2) is 27.9 Å². The number of methoxy groups -OCH3 is 1. The predicted molar refractivity (Wildman–Crippen MR) is 74.6 cm³/mol. The van der Waals surface area contributed by atoms with E-state index < -0.39 is 10.8 Å². The van der Waals surface area contributed by atoms with E-state index in [2.05, 4.69) is 15.3 Å². The fourth-order valence-electron chi connectivity index (χ4n) is 1.56. The topological polar surface area (TPSA) is 107 Å². The van der Waals surface area contributed by atoms with Gasteiger partial charge in [-0.15, -0.1) is 0 Å². The van der Waals surface area contributed by atoms with Crippen molar-refractivity contribution in [3.8, 4) is 5.75 Å². The summed E-state index contributed by atoms with van der Waals surface area (Å²) in [5.74, 6) is -0.352. The molecule has 0 bridgehead atoms. The van der Waals surface area contributed by atoms with Crippen LogP contribution in [0.2, 0.25) is 5.15 Å². The molecule has 2 rings (SSSR count). The van der Waals surface area contributed by atoms with Gasteiger partial charge >= 0.3 is 5.69 Å². The molecule has 0 aliphatic carbocycles. The summed E-state index contributed by atoms with van der Waals surface area (Å²) in [4.78, 5) is 29.9. The van der Waals surface area contributed by atoms with Gasteiger partial charge in [0, 0.05) is 17.7 Å². The SMILES string of the molecule is COc1cc(C(=O)Nc2cncc(Cl)n2)ccc1[N+](=O)[O-]. The van der Waals surface area contributed by atoms with Crippen LogP contribution in [0.1, 0.15) is 10.4 Å². The lowest BCUT2D eigenvalue weighted by Gasteiger charge is -2.06. The Morgan fingerprint density at radius 2 is 2.19 bits per heavy atom. The highest BCUT2D eigenvalue weighted by Gasteiger charge is 2.17. The molecule has 1 amide bonds. The van der Waals surface area contributed by atoms with Crippen LogP contribution in [0.4, 0.5) is 11.5 Å². The lowest BCUT2D eigenvalue weighted by molar-refractivity contribution is -0.385. The molecule has 0 saturated carbocycles. The fraction of sp³-hybridized carbons (Fsp3) is 0.0833. The van der Waals surface area contributed by atoms with Crippen molar-refractivity contribution < 1.29 is 14.5 Å². The van der Waals surface area contributed by atoms with Crippen molar-refractivity contribution in [2.75, 3.05) is 12.4 Å². The first-order valence-corrected chi connectivity index (χ1v) is 6.00. The number of carbonyl (C=O) groups is 1. The molecule has 0 aliphatic heterocycles. The number of nitrogens with one attached hydrogen (secondary N) is 1. The van der Waals surface area contributed by atoms with Crippen LogP contribution in [0.3, 0.4) is 0 Å². The molecule has 1 aromatic heterocycles. The molecule has 0 aliphatic rings. The van der Waals surface area contributed by atoms with Crippen molar-refractivity contribution in [1.29, 1.82) is 0 Å². The highest BCUT2D eigenvalue weighted by atomic mass is 35.5. The van der Waals surface area contributed by atoms with Gasteiger partial charge in [-0.3, -0.25) is 19.9 Å². The van der Waals surface area contributed by atoms with Gasteiger partial charge in [0.2, 0.25) is 0 Å². The largest absolute Gasteiger partial charge is 0.490 e. The first kappa shape index (κ1) is 14.7. The van der Waals surface area contributed by atoms with Crippen LogP contribution in [0.25, 0.3) is 0 Å². The predicted octanol–water partition coefficient (Wildman–Crippen LogP) is 2.30. The second-order valence-corrected chi connectivity index (χ2v) is 4.21. The molecular formula is C12H9ClN4O4. The number of nitrogens with zero attached hydrogens (tertiary/aromatic N) is 3. The third-order valence-electron chi connectivity index (χ3n) is 2.49.